The fourth-order valence-corrected chi connectivity index (χ4v) is 0.485. The van der Waals surface area contributed by atoms with E-state index in [1.54, 1.807) is 0 Å². The molecular formula is C4H4F2N2O. The summed E-state index contributed by atoms with van der Waals surface area (Å²) in [5.41, 5.74) is -0.718. The van der Waals surface area contributed by atoms with Gasteiger partial charge in [0.05, 0.1) is 0 Å². The molecule has 0 spiro atoms. The second-order valence-corrected chi connectivity index (χ2v) is 1.45. The van der Waals surface area contributed by atoms with Crippen molar-refractivity contribution in [2.45, 2.75) is 6.55 Å². The number of H-pyrrole nitrogens is 1. The molecule has 0 radical (unpaired) electrons. The van der Waals surface area contributed by atoms with Crippen molar-refractivity contribution in [3.05, 3.63) is 22.6 Å². The Bertz CT molecular complexity index is 239. The SMILES string of the molecule is O=c1cc[nH]n1C(F)F. The van der Waals surface area contributed by atoms with Crippen molar-refractivity contribution in [3.8, 4) is 0 Å². The summed E-state index contributed by atoms with van der Waals surface area (Å²) in [5, 5.41) is 2.06. The standard InChI is InChI=1S/C4H4F2N2O/c5-4(6)8-3(9)1-2-7-8/h1-2,4,7H. The second-order valence-electron chi connectivity index (χ2n) is 1.45. The Morgan fingerprint density at radius 3 is 2.56 bits per heavy atom. The number of rotatable bonds is 1. The molecule has 0 aliphatic heterocycles. The van der Waals surface area contributed by atoms with E-state index in [1.165, 1.54) is 0 Å². The zero-order valence-corrected chi connectivity index (χ0v) is 4.34. The van der Waals surface area contributed by atoms with Crippen LogP contribution >= 0.6 is 0 Å². The molecule has 1 aromatic rings. The summed E-state index contributed by atoms with van der Waals surface area (Å²) in [6, 6.07) is 1.03. The van der Waals surface area contributed by atoms with Gasteiger partial charge in [-0.15, -0.1) is 0 Å². The number of hydrogen-bond donors (Lipinski definition) is 1. The first-order valence-corrected chi connectivity index (χ1v) is 2.26. The number of nitrogens with one attached hydrogen (secondary N) is 1. The lowest BCUT2D eigenvalue weighted by Crippen LogP contribution is -2.16. The van der Waals surface area contributed by atoms with Crippen LogP contribution in [0.15, 0.2) is 17.1 Å². The molecule has 0 atom stereocenters. The highest BCUT2D eigenvalue weighted by Gasteiger charge is 2.05. The molecule has 1 N–H and O–H groups in total. The number of alkyl halides is 2. The van der Waals surface area contributed by atoms with Crippen molar-refractivity contribution in [3.63, 3.8) is 0 Å². The van der Waals surface area contributed by atoms with E-state index in [4.69, 9.17) is 0 Å². The summed E-state index contributed by atoms with van der Waals surface area (Å²) < 4.78 is 23.4. The molecule has 0 aliphatic rings. The van der Waals surface area contributed by atoms with E-state index in [9.17, 15) is 13.6 Å². The van der Waals surface area contributed by atoms with Crippen molar-refractivity contribution in [2.24, 2.45) is 0 Å². The predicted molar refractivity (Wildman–Crippen MR) is 26.3 cm³/mol. The van der Waals surface area contributed by atoms with Gasteiger partial charge in [-0.3, -0.25) is 9.89 Å². The van der Waals surface area contributed by atoms with E-state index in [0.29, 0.717) is 0 Å². The van der Waals surface area contributed by atoms with Gasteiger partial charge in [-0.25, -0.2) is 0 Å². The maximum Gasteiger partial charge on any atom is 0.334 e. The van der Waals surface area contributed by atoms with E-state index < -0.39 is 12.1 Å². The molecule has 0 unspecified atom stereocenters. The Kier molecular flexibility index (Phi) is 1.33. The van der Waals surface area contributed by atoms with Gasteiger partial charge in [0.15, 0.2) is 0 Å². The monoisotopic (exact) mass is 134 g/mol. The number of hydrogen-bond acceptors (Lipinski definition) is 1. The normalized spacial score (nSPS) is 10.6. The average molecular weight is 134 g/mol. The first-order valence-electron chi connectivity index (χ1n) is 2.26. The first-order chi connectivity index (χ1) is 4.22. The molecule has 50 valence electrons. The minimum Gasteiger partial charge on any atom is -0.298 e. The summed E-state index contributed by atoms with van der Waals surface area (Å²) in [6.07, 6.45) is 1.16. The zero-order valence-electron chi connectivity index (χ0n) is 4.34. The molecule has 0 bridgehead atoms. The summed E-state index contributed by atoms with van der Waals surface area (Å²) >= 11 is 0. The molecule has 0 amide bonds. The summed E-state index contributed by atoms with van der Waals surface area (Å²) in [6.45, 7) is -2.77. The third kappa shape index (κ3) is 0.984. The lowest BCUT2D eigenvalue weighted by atomic mass is 10.7. The number of nitrogens with zero attached hydrogens (tertiary/aromatic N) is 1. The smallest absolute Gasteiger partial charge is 0.298 e. The van der Waals surface area contributed by atoms with Gasteiger partial charge in [0.1, 0.15) is 0 Å². The van der Waals surface area contributed by atoms with Crippen LogP contribution < -0.4 is 5.56 Å². The van der Waals surface area contributed by atoms with Crippen LogP contribution in [0.1, 0.15) is 6.55 Å². The molecular weight excluding hydrogens is 130 g/mol. The predicted octanol–water partition coefficient (Wildman–Crippen LogP) is 0.571. The number of aromatic nitrogens is 2. The van der Waals surface area contributed by atoms with Crippen molar-refractivity contribution < 1.29 is 8.78 Å². The van der Waals surface area contributed by atoms with Gasteiger partial charge >= 0.3 is 6.55 Å². The Morgan fingerprint density at radius 1 is 1.67 bits per heavy atom. The average Bonchev–Trinajstić information content (AvgIpc) is 2.13. The van der Waals surface area contributed by atoms with Gasteiger partial charge < -0.3 is 0 Å². The van der Waals surface area contributed by atoms with E-state index >= 15 is 0 Å². The molecule has 0 saturated heterocycles. The highest BCUT2D eigenvalue weighted by Crippen LogP contribution is 2.01. The molecule has 0 aliphatic carbocycles. The van der Waals surface area contributed by atoms with Crippen LogP contribution in [0.3, 0.4) is 0 Å². The van der Waals surface area contributed by atoms with Crippen LogP contribution in [-0.2, 0) is 0 Å². The van der Waals surface area contributed by atoms with Gasteiger partial charge in [-0.1, -0.05) is 0 Å². The summed E-state index contributed by atoms with van der Waals surface area (Å²) in [4.78, 5) is 10.3. The maximum absolute atomic E-state index is 11.6. The van der Waals surface area contributed by atoms with Crippen molar-refractivity contribution in [1.82, 2.24) is 9.78 Å². The largest absolute Gasteiger partial charge is 0.334 e. The summed E-state index contributed by atoms with van der Waals surface area (Å²) in [7, 11) is 0. The van der Waals surface area contributed by atoms with Gasteiger partial charge in [-0.05, 0) is 0 Å². The Hall–Kier alpha value is -1.13. The van der Waals surface area contributed by atoms with Crippen molar-refractivity contribution in [1.29, 1.82) is 0 Å². The van der Waals surface area contributed by atoms with Crippen LogP contribution in [0.25, 0.3) is 0 Å². The minimum absolute atomic E-state index is 0.236. The van der Waals surface area contributed by atoms with E-state index in [1.807, 2.05) is 0 Å². The lowest BCUT2D eigenvalue weighted by Gasteiger charge is -1.94. The van der Waals surface area contributed by atoms with Gasteiger partial charge in [0, 0.05) is 12.3 Å². The van der Waals surface area contributed by atoms with Gasteiger partial charge in [0.25, 0.3) is 5.56 Å². The lowest BCUT2D eigenvalue weighted by molar-refractivity contribution is 0.0532. The molecule has 1 rings (SSSR count). The highest BCUT2D eigenvalue weighted by atomic mass is 19.3. The molecule has 0 aromatic carbocycles. The van der Waals surface area contributed by atoms with Gasteiger partial charge in [-0.2, -0.15) is 13.5 Å². The molecule has 0 saturated carbocycles. The van der Waals surface area contributed by atoms with Gasteiger partial charge in [0.2, 0.25) is 0 Å². The molecule has 3 nitrogen and oxygen atoms in total. The number of halogens is 2. The van der Waals surface area contributed by atoms with E-state index in [-0.39, 0.29) is 4.68 Å². The van der Waals surface area contributed by atoms with Crippen LogP contribution in [0.4, 0.5) is 8.78 Å². The third-order valence-electron chi connectivity index (χ3n) is 0.872. The molecule has 9 heavy (non-hydrogen) atoms. The molecule has 1 heterocycles. The maximum atomic E-state index is 11.6. The fraction of sp³-hybridized carbons (Fsp3) is 0.250. The van der Waals surface area contributed by atoms with Crippen LogP contribution in [0.5, 0.6) is 0 Å². The van der Waals surface area contributed by atoms with Crippen molar-refractivity contribution in [2.75, 3.05) is 0 Å². The summed E-state index contributed by atoms with van der Waals surface area (Å²) in [5.74, 6) is 0. The third-order valence-corrected chi connectivity index (χ3v) is 0.872. The molecule has 0 fully saturated rings. The second kappa shape index (κ2) is 2.00. The van der Waals surface area contributed by atoms with Crippen LogP contribution in [-0.4, -0.2) is 9.78 Å². The highest BCUT2D eigenvalue weighted by molar-refractivity contribution is 4.79. The van der Waals surface area contributed by atoms with Crippen LogP contribution in [0.2, 0.25) is 0 Å². The first kappa shape index (κ1) is 6.00. The zero-order chi connectivity index (χ0) is 6.85. The van der Waals surface area contributed by atoms with E-state index in [0.717, 1.165) is 12.3 Å². The number of aromatic amines is 1. The Balaban J connectivity index is 3.08. The Labute approximate surface area is 48.9 Å². The minimum atomic E-state index is -2.77. The molecule has 5 heteroatoms. The molecule has 1 aromatic heterocycles. The van der Waals surface area contributed by atoms with Crippen LogP contribution in [0, 0.1) is 0 Å². The fourth-order valence-electron chi connectivity index (χ4n) is 0.485. The van der Waals surface area contributed by atoms with Crippen molar-refractivity contribution >= 4 is 0 Å². The Morgan fingerprint density at radius 2 is 2.33 bits per heavy atom. The quantitative estimate of drug-likeness (QED) is 0.599. The topological polar surface area (TPSA) is 37.8 Å². The van der Waals surface area contributed by atoms with E-state index in [2.05, 4.69) is 5.10 Å².